The SMILES string of the molecule is O=C(NC1CCC2OCCOC2C1)c1cc(C2CC2)on1. The van der Waals surface area contributed by atoms with E-state index < -0.39 is 0 Å². The highest BCUT2D eigenvalue weighted by atomic mass is 16.6. The Bertz CT molecular complexity index is 525. The minimum Gasteiger partial charge on any atom is -0.373 e. The smallest absolute Gasteiger partial charge is 0.273 e. The van der Waals surface area contributed by atoms with Gasteiger partial charge >= 0.3 is 0 Å². The van der Waals surface area contributed by atoms with Gasteiger partial charge in [0.15, 0.2) is 5.69 Å². The highest BCUT2D eigenvalue weighted by Gasteiger charge is 2.35. The molecule has 1 N–H and O–H groups in total. The van der Waals surface area contributed by atoms with Gasteiger partial charge in [-0.3, -0.25) is 4.79 Å². The molecular formula is C15H20N2O4. The Morgan fingerprint density at radius 2 is 1.95 bits per heavy atom. The molecule has 6 heteroatoms. The lowest BCUT2D eigenvalue weighted by Gasteiger charge is -2.38. The number of fused-ring (bicyclic) bond motifs is 1. The summed E-state index contributed by atoms with van der Waals surface area (Å²) in [6.45, 7) is 1.33. The van der Waals surface area contributed by atoms with Gasteiger partial charge in [-0.1, -0.05) is 5.16 Å². The number of carbonyl (C=O) groups excluding carboxylic acids is 1. The minimum absolute atomic E-state index is 0.108. The lowest BCUT2D eigenvalue weighted by atomic mass is 9.89. The molecule has 3 fully saturated rings. The molecule has 6 nitrogen and oxygen atoms in total. The first-order chi connectivity index (χ1) is 10.3. The summed E-state index contributed by atoms with van der Waals surface area (Å²) < 4.78 is 16.7. The van der Waals surface area contributed by atoms with Crippen molar-refractivity contribution in [3.05, 3.63) is 17.5 Å². The molecule has 2 saturated carbocycles. The Morgan fingerprint density at radius 1 is 1.14 bits per heavy atom. The molecule has 114 valence electrons. The van der Waals surface area contributed by atoms with Crippen LogP contribution in [0.4, 0.5) is 0 Å². The Kier molecular flexibility index (Phi) is 3.43. The minimum atomic E-state index is -0.147. The summed E-state index contributed by atoms with van der Waals surface area (Å²) in [6.07, 6.45) is 5.24. The maximum absolute atomic E-state index is 12.2. The number of nitrogens with zero attached hydrogens (tertiary/aromatic N) is 1. The maximum Gasteiger partial charge on any atom is 0.273 e. The fraction of sp³-hybridized carbons (Fsp3) is 0.733. The Hall–Kier alpha value is -1.40. The number of amides is 1. The summed E-state index contributed by atoms with van der Waals surface area (Å²) in [5.41, 5.74) is 0.389. The third-order valence-electron chi connectivity index (χ3n) is 4.55. The average Bonchev–Trinajstić information content (AvgIpc) is 3.24. The molecule has 3 atom stereocenters. The highest BCUT2D eigenvalue weighted by molar-refractivity contribution is 5.92. The van der Waals surface area contributed by atoms with E-state index in [1.165, 1.54) is 0 Å². The second-order valence-electron chi connectivity index (χ2n) is 6.19. The lowest BCUT2D eigenvalue weighted by Crippen LogP contribution is -2.49. The van der Waals surface area contributed by atoms with Crippen LogP contribution in [0.1, 0.15) is 54.3 Å². The number of aromatic nitrogens is 1. The molecule has 0 bridgehead atoms. The van der Waals surface area contributed by atoms with E-state index in [4.69, 9.17) is 14.0 Å². The molecule has 1 aliphatic heterocycles. The normalized spacial score (nSPS) is 32.5. The van der Waals surface area contributed by atoms with Crippen molar-refractivity contribution < 1.29 is 18.8 Å². The number of hydrogen-bond donors (Lipinski definition) is 1. The third-order valence-corrected chi connectivity index (χ3v) is 4.55. The largest absolute Gasteiger partial charge is 0.373 e. The Morgan fingerprint density at radius 3 is 2.76 bits per heavy atom. The Balaban J connectivity index is 1.35. The monoisotopic (exact) mass is 292 g/mol. The molecular weight excluding hydrogens is 272 g/mol. The van der Waals surface area contributed by atoms with Crippen molar-refractivity contribution in [1.29, 1.82) is 0 Å². The number of nitrogens with one attached hydrogen (secondary N) is 1. The van der Waals surface area contributed by atoms with Crippen LogP contribution in [0.25, 0.3) is 0 Å². The highest BCUT2D eigenvalue weighted by Crippen LogP contribution is 2.40. The first kappa shape index (κ1) is 13.3. The van der Waals surface area contributed by atoms with Crippen LogP contribution in [0, 0.1) is 0 Å². The van der Waals surface area contributed by atoms with Crippen LogP contribution in [-0.2, 0) is 9.47 Å². The van der Waals surface area contributed by atoms with Crippen molar-refractivity contribution >= 4 is 5.91 Å². The molecule has 0 radical (unpaired) electrons. The summed E-state index contributed by atoms with van der Waals surface area (Å²) in [5.74, 6) is 1.17. The fourth-order valence-corrected chi connectivity index (χ4v) is 3.21. The van der Waals surface area contributed by atoms with Crippen LogP contribution in [0.15, 0.2) is 10.6 Å². The van der Waals surface area contributed by atoms with Gasteiger partial charge in [0.2, 0.25) is 0 Å². The molecule has 21 heavy (non-hydrogen) atoms. The topological polar surface area (TPSA) is 73.6 Å². The molecule has 0 spiro atoms. The van der Waals surface area contributed by atoms with E-state index in [9.17, 15) is 4.79 Å². The zero-order valence-electron chi connectivity index (χ0n) is 11.9. The van der Waals surface area contributed by atoms with Gasteiger partial charge in [0.1, 0.15) is 5.76 Å². The molecule has 0 aromatic carbocycles. The van der Waals surface area contributed by atoms with E-state index in [1.54, 1.807) is 6.07 Å². The van der Waals surface area contributed by atoms with Crippen LogP contribution in [-0.4, -0.2) is 42.5 Å². The quantitative estimate of drug-likeness (QED) is 0.916. The summed E-state index contributed by atoms with van der Waals surface area (Å²) in [4.78, 5) is 12.2. The van der Waals surface area contributed by atoms with Crippen LogP contribution in [0.2, 0.25) is 0 Å². The van der Waals surface area contributed by atoms with Crippen molar-refractivity contribution in [2.45, 2.75) is 56.3 Å². The molecule has 2 aliphatic carbocycles. The second kappa shape index (κ2) is 5.42. The molecule has 1 amide bonds. The first-order valence-corrected chi connectivity index (χ1v) is 7.80. The van der Waals surface area contributed by atoms with E-state index in [0.29, 0.717) is 24.8 Å². The predicted octanol–water partition coefficient (Wildman–Crippen LogP) is 1.62. The second-order valence-corrected chi connectivity index (χ2v) is 6.19. The van der Waals surface area contributed by atoms with E-state index >= 15 is 0 Å². The predicted molar refractivity (Wildman–Crippen MR) is 73.1 cm³/mol. The standard InChI is InChI=1S/C15H20N2O4/c18-15(11-8-13(21-17-11)9-1-2-9)16-10-3-4-12-14(7-10)20-6-5-19-12/h8-10,12,14H,1-7H2,(H,16,18). The van der Waals surface area contributed by atoms with E-state index in [0.717, 1.165) is 37.9 Å². The molecule has 2 heterocycles. The van der Waals surface area contributed by atoms with E-state index in [1.807, 2.05) is 0 Å². The molecule has 3 unspecified atom stereocenters. The molecule has 1 saturated heterocycles. The van der Waals surface area contributed by atoms with Gasteiger partial charge in [-0.05, 0) is 32.1 Å². The van der Waals surface area contributed by atoms with Crippen molar-refractivity contribution in [2.75, 3.05) is 13.2 Å². The molecule has 3 aliphatic rings. The van der Waals surface area contributed by atoms with Crippen molar-refractivity contribution in [1.82, 2.24) is 10.5 Å². The lowest BCUT2D eigenvalue weighted by molar-refractivity contribution is -0.157. The van der Waals surface area contributed by atoms with E-state index in [2.05, 4.69) is 10.5 Å². The van der Waals surface area contributed by atoms with Crippen molar-refractivity contribution in [3.8, 4) is 0 Å². The summed E-state index contributed by atoms with van der Waals surface area (Å²) in [7, 11) is 0. The molecule has 1 aromatic rings. The van der Waals surface area contributed by atoms with Gasteiger partial charge in [-0.25, -0.2) is 0 Å². The van der Waals surface area contributed by atoms with Crippen LogP contribution in [0.3, 0.4) is 0 Å². The van der Waals surface area contributed by atoms with Gasteiger partial charge in [0.05, 0.1) is 25.4 Å². The average molecular weight is 292 g/mol. The van der Waals surface area contributed by atoms with Crippen LogP contribution >= 0.6 is 0 Å². The maximum atomic E-state index is 12.2. The summed E-state index contributed by atoms with van der Waals surface area (Å²) >= 11 is 0. The van der Waals surface area contributed by atoms with Gasteiger partial charge in [0.25, 0.3) is 5.91 Å². The zero-order chi connectivity index (χ0) is 14.2. The zero-order valence-corrected chi connectivity index (χ0v) is 11.9. The molecule has 1 aromatic heterocycles. The van der Waals surface area contributed by atoms with Gasteiger partial charge < -0.3 is 19.3 Å². The number of ether oxygens (including phenoxy) is 2. The van der Waals surface area contributed by atoms with Crippen LogP contribution in [0.5, 0.6) is 0 Å². The van der Waals surface area contributed by atoms with Crippen LogP contribution < -0.4 is 5.32 Å². The number of carbonyl (C=O) groups is 1. The van der Waals surface area contributed by atoms with Crippen molar-refractivity contribution in [2.24, 2.45) is 0 Å². The molecule has 4 rings (SSSR count). The first-order valence-electron chi connectivity index (χ1n) is 7.80. The van der Waals surface area contributed by atoms with Gasteiger partial charge in [0, 0.05) is 18.0 Å². The van der Waals surface area contributed by atoms with Gasteiger partial charge in [-0.15, -0.1) is 0 Å². The van der Waals surface area contributed by atoms with Crippen molar-refractivity contribution in [3.63, 3.8) is 0 Å². The van der Waals surface area contributed by atoms with E-state index in [-0.39, 0.29) is 24.2 Å². The van der Waals surface area contributed by atoms with Gasteiger partial charge in [-0.2, -0.15) is 0 Å². The summed E-state index contributed by atoms with van der Waals surface area (Å²) in [6, 6.07) is 1.90. The number of hydrogen-bond acceptors (Lipinski definition) is 5. The third kappa shape index (κ3) is 2.82. The Labute approximate surface area is 123 Å². The summed E-state index contributed by atoms with van der Waals surface area (Å²) in [5, 5.41) is 6.93. The fourth-order valence-electron chi connectivity index (χ4n) is 3.21. The number of rotatable bonds is 3.